The van der Waals surface area contributed by atoms with Crippen molar-refractivity contribution in [1.29, 1.82) is 0 Å². The lowest BCUT2D eigenvalue weighted by molar-refractivity contribution is 0.153. The molecule has 2 rings (SSSR count). The minimum atomic E-state index is -0.526. The second-order valence-electron chi connectivity index (χ2n) is 5.64. The van der Waals surface area contributed by atoms with Crippen molar-refractivity contribution in [3.63, 3.8) is 0 Å². The van der Waals surface area contributed by atoms with Gasteiger partial charge in [0, 0.05) is 32.2 Å². The van der Waals surface area contributed by atoms with E-state index in [-0.39, 0.29) is 24.2 Å². The largest absolute Gasteiger partial charge is 0.505 e. The Morgan fingerprint density at radius 3 is 2.50 bits per heavy atom. The summed E-state index contributed by atoms with van der Waals surface area (Å²) >= 11 is 0. The van der Waals surface area contributed by atoms with Gasteiger partial charge in [-0.25, -0.2) is 4.39 Å². The summed E-state index contributed by atoms with van der Waals surface area (Å²) in [6.45, 7) is 8.31. The first-order chi connectivity index (χ1) is 9.08. The molecule has 1 aromatic rings. The maximum absolute atomic E-state index is 13.6. The van der Waals surface area contributed by atoms with Crippen LogP contribution in [-0.2, 0) is 0 Å². The van der Waals surface area contributed by atoms with E-state index in [2.05, 4.69) is 24.1 Å². The van der Waals surface area contributed by atoms with Crippen LogP contribution >= 0.6 is 12.4 Å². The molecule has 0 saturated carbocycles. The normalized spacial score (nSPS) is 17.8. The van der Waals surface area contributed by atoms with Gasteiger partial charge in [0.2, 0.25) is 0 Å². The summed E-state index contributed by atoms with van der Waals surface area (Å²) in [4.78, 5) is 2.41. The number of phenolic OH excluding ortho intramolecular Hbond substituents is 1. The van der Waals surface area contributed by atoms with Crippen molar-refractivity contribution in [2.75, 3.05) is 26.2 Å². The SMILES string of the molecule is CC(C)C[C@H](c1ccc(O)c(F)c1)N1CCNCC1.Cl. The van der Waals surface area contributed by atoms with Gasteiger partial charge >= 0.3 is 0 Å². The minimum absolute atomic E-state index is 0. The van der Waals surface area contributed by atoms with Gasteiger partial charge in [-0.05, 0) is 30.0 Å². The zero-order valence-electron chi connectivity index (χ0n) is 12.1. The lowest BCUT2D eigenvalue weighted by Gasteiger charge is -2.36. The van der Waals surface area contributed by atoms with Gasteiger partial charge in [-0.2, -0.15) is 0 Å². The van der Waals surface area contributed by atoms with E-state index < -0.39 is 5.82 Å². The number of piperazine rings is 1. The van der Waals surface area contributed by atoms with Gasteiger partial charge in [0.25, 0.3) is 0 Å². The third-order valence-electron chi connectivity index (χ3n) is 3.64. The maximum atomic E-state index is 13.6. The molecule has 1 heterocycles. The minimum Gasteiger partial charge on any atom is -0.505 e. The highest BCUT2D eigenvalue weighted by Gasteiger charge is 2.23. The fraction of sp³-hybridized carbons (Fsp3) is 0.600. The molecule has 1 atom stereocenters. The van der Waals surface area contributed by atoms with Crippen molar-refractivity contribution in [3.8, 4) is 5.75 Å². The Morgan fingerprint density at radius 1 is 1.30 bits per heavy atom. The van der Waals surface area contributed by atoms with Crippen molar-refractivity contribution >= 4 is 12.4 Å². The average Bonchev–Trinajstić information content (AvgIpc) is 2.40. The molecule has 3 nitrogen and oxygen atoms in total. The zero-order valence-corrected chi connectivity index (χ0v) is 12.9. The monoisotopic (exact) mass is 302 g/mol. The Labute approximate surface area is 126 Å². The first-order valence-corrected chi connectivity index (χ1v) is 7.01. The fourth-order valence-electron chi connectivity index (χ4n) is 2.67. The van der Waals surface area contributed by atoms with Gasteiger partial charge in [-0.3, -0.25) is 4.90 Å². The van der Waals surface area contributed by atoms with Crippen molar-refractivity contribution < 1.29 is 9.50 Å². The van der Waals surface area contributed by atoms with Crippen LogP contribution in [0.15, 0.2) is 18.2 Å². The van der Waals surface area contributed by atoms with E-state index in [1.807, 2.05) is 6.07 Å². The molecule has 1 saturated heterocycles. The van der Waals surface area contributed by atoms with E-state index in [0.717, 1.165) is 38.2 Å². The molecule has 0 radical (unpaired) electrons. The quantitative estimate of drug-likeness (QED) is 0.897. The molecule has 0 unspecified atom stereocenters. The third-order valence-corrected chi connectivity index (χ3v) is 3.64. The summed E-state index contributed by atoms with van der Waals surface area (Å²) in [5.41, 5.74) is 0.964. The van der Waals surface area contributed by atoms with Crippen LogP contribution in [-0.4, -0.2) is 36.2 Å². The van der Waals surface area contributed by atoms with Crippen molar-refractivity contribution in [3.05, 3.63) is 29.6 Å². The first kappa shape index (κ1) is 17.2. The molecular formula is C15H24ClFN2O. The molecule has 1 aliphatic heterocycles. The number of benzene rings is 1. The summed E-state index contributed by atoms with van der Waals surface area (Å²) < 4.78 is 13.6. The number of rotatable bonds is 4. The van der Waals surface area contributed by atoms with Gasteiger partial charge in [0.1, 0.15) is 0 Å². The summed E-state index contributed by atoms with van der Waals surface area (Å²) in [7, 11) is 0. The predicted octanol–water partition coefficient (Wildman–Crippen LogP) is 2.95. The van der Waals surface area contributed by atoms with Crippen molar-refractivity contribution in [2.24, 2.45) is 5.92 Å². The summed E-state index contributed by atoms with van der Waals surface area (Å²) in [5.74, 6) is -0.245. The zero-order chi connectivity index (χ0) is 13.8. The van der Waals surface area contributed by atoms with Gasteiger partial charge in [-0.15, -0.1) is 12.4 Å². The summed E-state index contributed by atoms with van der Waals surface area (Å²) in [6.07, 6.45) is 1.00. The summed E-state index contributed by atoms with van der Waals surface area (Å²) in [5, 5.41) is 12.7. The number of nitrogens with one attached hydrogen (secondary N) is 1. The van der Waals surface area contributed by atoms with E-state index in [0.29, 0.717) is 5.92 Å². The number of phenols is 1. The Bertz CT molecular complexity index is 422. The molecule has 0 spiro atoms. The van der Waals surface area contributed by atoms with Crippen LogP contribution in [0.3, 0.4) is 0 Å². The Balaban J connectivity index is 0.00000200. The highest BCUT2D eigenvalue weighted by molar-refractivity contribution is 5.85. The highest BCUT2D eigenvalue weighted by atomic mass is 35.5. The van der Waals surface area contributed by atoms with Crippen LogP contribution in [0.25, 0.3) is 0 Å². The number of aromatic hydroxyl groups is 1. The molecule has 1 fully saturated rings. The third kappa shape index (κ3) is 4.33. The fourth-order valence-corrected chi connectivity index (χ4v) is 2.67. The molecule has 20 heavy (non-hydrogen) atoms. The lowest BCUT2D eigenvalue weighted by Crippen LogP contribution is -2.45. The molecule has 2 N–H and O–H groups in total. The van der Waals surface area contributed by atoms with E-state index in [1.54, 1.807) is 0 Å². The van der Waals surface area contributed by atoms with Gasteiger partial charge in [0.15, 0.2) is 11.6 Å². The molecule has 0 aromatic heterocycles. The molecule has 1 aromatic carbocycles. The van der Waals surface area contributed by atoms with Crippen molar-refractivity contribution in [2.45, 2.75) is 26.3 Å². The topological polar surface area (TPSA) is 35.5 Å². The molecule has 0 bridgehead atoms. The van der Waals surface area contributed by atoms with Crippen LogP contribution in [0.5, 0.6) is 5.75 Å². The van der Waals surface area contributed by atoms with E-state index in [4.69, 9.17) is 0 Å². The Hall–Kier alpha value is -0.840. The van der Waals surface area contributed by atoms with E-state index >= 15 is 0 Å². The molecule has 0 aliphatic carbocycles. The predicted molar refractivity (Wildman–Crippen MR) is 82.0 cm³/mol. The number of hydrogen-bond donors (Lipinski definition) is 2. The second kappa shape index (κ2) is 7.81. The first-order valence-electron chi connectivity index (χ1n) is 7.01. The van der Waals surface area contributed by atoms with Crippen LogP contribution < -0.4 is 5.32 Å². The smallest absolute Gasteiger partial charge is 0.165 e. The van der Waals surface area contributed by atoms with Gasteiger partial charge in [0.05, 0.1) is 0 Å². The maximum Gasteiger partial charge on any atom is 0.165 e. The van der Waals surface area contributed by atoms with Crippen molar-refractivity contribution in [1.82, 2.24) is 10.2 Å². The highest BCUT2D eigenvalue weighted by Crippen LogP contribution is 2.30. The molecule has 1 aliphatic rings. The molecule has 114 valence electrons. The molecule has 5 heteroatoms. The van der Waals surface area contributed by atoms with Gasteiger partial charge < -0.3 is 10.4 Å². The molecule has 0 amide bonds. The number of hydrogen-bond acceptors (Lipinski definition) is 3. The van der Waals surface area contributed by atoms with Crippen LogP contribution in [0, 0.1) is 11.7 Å². The lowest BCUT2D eigenvalue weighted by atomic mass is 9.95. The standard InChI is InChI=1S/C15H23FN2O.ClH/c1-11(2)9-14(18-7-5-17-6-8-18)12-3-4-15(19)13(16)10-12;/h3-4,10-11,14,17,19H,5-9H2,1-2H3;1H/t14-;/m1./s1. The van der Waals surface area contributed by atoms with Crippen LogP contribution in [0.4, 0.5) is 4.39 Å². The average molecular weight is 303 g/mol. The molecular weight excluding hydrogens is 279 g/mol. The van der Waals surface area contributed by atoms with E-state index in [9.17, 15) is 9.50 Å². The Morgan fingerprint density at radius 2 is 1.95 bits per heavy atom. The van der Waals surface area contributed by atoms with Gasteiger partial charge in [-0.1, -0.05) is 19.9 Å². The van der Waals surface area contributed by atoms with Crippen LogP contribution in [0.1, 0.15) is 31.9 Å². The van der Waals surface area contributed by atoms with E-state index in [1.165, 1.54) is 12.1 Å². The number of nitrogens with zero attached hydrogens (tertiary/aromatic N) is 1. The van der Waals surface area contributed by atoms with Crippen LogP contribution in [0.2, 0.25) is 0 Å². The Kier molecular flexibility index (Phi) is 6.72. The number of halogens is 2. The second-order valence-corrected chi connectivity index (χ2v) is 5.64. The summed E-state index contributed by atoms with van der Waals surface area (Å²) in [6, 6.07) is 5.01.